The van der Waals surface area contributed by atoms with Gasteiger partial charge in [-0.25, -0.2) is 0 Å². The Bertz CT molecular complexity index is 261. The summed E-state index contributed by atoms with van der Waals surface area (Å²) in [6.45, 7) is 6.09. The molecule has 0 aliphatic carbocycles. The van der Waals surface area contributed by atoms with Gasteiger partial charge in [0.1, 0.15) is 0 Å². The topological polar surface area (TPSA) is 4.93 Å². The van der Waals surface area contributed by atoms with E-state index in [9.17, 15) is 4.39 Å². The summed E-state index contributed by atoms with van der Waals surface area (Å²) >= 11 is 0. The minimum Gasteiger partial charge on any atom is -0.325 e. The average molecular weight is 155 g/mol. The van der Waals surface area contributed by atoms with Gasteiger partial charge in [0, 0.05) is 12.7 Å². The van der Waals surface area contributed by atoms with E-state index in [4.69, 9.17) is 0 Å². The fraction of sp³-hybridized carbons (Fsp3) is 0.556. The minimum absolute atomic E-state index is 0.147. The van der Waals surface area contributed by atoms with Crippen molar-refractivity contribution in [1.82, 2.24) is 4.57 Å². The van der Waals surface area contributed by atoms with Crippen LogP contribution in [0.4, 0.5) is 4.39 Å². The lowest BCUT2D eigenvalue weighted by Gasteiger charge is -2.08. The van der Waals surface area contributed by atoms with Crippen LogP contribution in [-0.2, 0) is 7.05 Å². The fourth-order valence-corrected chi connectivity index (χ4v) is 1.57. The molecule has 0 aromatic carbocycles. The van der Waals surface area contributed by atoms with Gasteiger partial charge in [-0.1, -0.05) is 13.8 Å². The third-order valence-corrected chi connectivity index (χ3v) is 1.97. The summed E-state index contributed by atoms with van der Waals surface area (Å²) in [5.41, 5.74) is 2.13. The van der Waals surface area contributed by atoms with Gasteiger partial charge in [0.15, 0.2) is 5.95 Å². The Labute approximate surface area is 66.8 Å². The van der Waals surface area contributed by atoms with Gasteiger partial charge in [0.25, 0.3) is 0 Å². The maximum absolute atomic E-state index is 12.9. The molecule has 0 amide bonds. The quantitative estimate of drug-likeness (QED) is 0.587. The summed E-state index contributed by atoms with van der Waals surface area (Å²) in [7, 11) is 1.76. The van der Waals surface area contributed by atoms with Crippen LogP contribution in [0.5, 0.6) is 0 Å². The Balaban J connectivity index is 3.22. The molecule has 1 nitrogen and oxygen atoms in total. The van der Waals surface area contributed by atoms with E-state index in [2.05, 4.69) is 13.8 Å². The summed E-state index contributed by atoms with van der Waals surface area (Å²) in [5, 5.41) is 0. The predicted molar refractivity (Wildman–Crippen MR) is 44.2 cm³/mol. The van der Waals surface area contributed by atoms with Crippen molar-refractivity contribution in [3.63, 3.8) is 0 Å². The van der Waals surface area contributed by atoms with E-state index in [0.29, 0.717) is 5.92 Å². The standard InChI is InChI=1S/C9H14FN/c1-6(2)9-7(3)5-8(10)11(9)4/h5-6H,1-4H3. The molecular weight excluding hydrogens is 141 g/mol. The highest BCUT2D eigenvalue weighted by atomic mass is 19.1. The van der Waals surface area contributed by atoms with E-state index in [1.807, 2.05) is 6.92 Å². The summed E-state index contributed by atoms with van der Waals surface area (Å²) in [5.74, 6) is 0.246. The third-order valence-electron chi connectivity index (χ3n) is 1.97. The van der Waals surface area contributed by atoms with Crippen LogP contribution in [0.1, 0.15) is 31.0 Å². The zero-order valence-electron chi connectivity index (χ0n) is 7.48. The Morgan fingerprint density at radius 2 is 2.00 bits per heavy atom. The van der Waals surface area contributed by atoms with E-state index < -0.39 is 0 Å². The normalized spacial score (nSPS) is 11.1. The Morgan fingerprint density at radius 3 is 2.18 bits per heavy atom. The van der Waals surface area contributed by atoms with Gasteiger partial charge >= 0.3 is 0 Å². The lowest BCUT2D eigenvalue weighted by molar-refractivity contribution is 0.519. The van der Waals surface area contributed by atoms with Gasteiger partial charge in [0.2, 0.25) is 0 Å². The summed E-state index contributed by atoms with van der Waals surface area (Å²) in [6.07, 6.45) is 0. The molecule has 1 aromatic rings. The molecule has 0 saturated carbocycles. The predicted octanol–water partition coefficient (Wildman–Crippen LogP) is 2.60. The highest BCUT2D eigenvalue weighted by Crippen LogP contribution is 2.20. The second-order valence-corrected chi connectivity index (χ2v) is 3.25. The van der Waals surface area contributed by atoms with Crippen molar-refractivity contribution >= 4 is 0 Å². The molecule has 0 bridgehead atoms. The molecule has 0 aliphatic heterocycles. The molecule has 1 heterocycles. The van der Waals surface area contributed by atoms with Gasteiger partial charge < -0.3 is 4.57 Å². The van der Waals surface area contributed by atoms with Crippen LogP contribution in [0.15, 0.2) is 6.07 Å². The van der Waals surface area contributed by atoms with Crippen molar-refractivity contribution in [3.8, 4) is 0 Å². The van der Waals surface area contributed by atoms with E-state index in [1.165, 1.54) is 0 Å². The van der Waals surface area contributed by atoms with Crippen LogP contribution in [0, 0.1) is 12.9 Å². The molecule has 0 fully saturated rings. The number of hydrogen-bond donors (Lipinski definition) is 0. The average Bonchev–Trinajstić information content (AvgIpc) is 2.07. The van der Waals surface area contributed by atoms with Crippen LogP contribution in [0.25, 0.3) is 0 Å². The van der Waals surface area contributed by atoms with E-state index >= 15 is 0 Å². The van der Waals surface area contributed by atoms with Crippen molar-refractivity contribution in [1.29, 1.82) is 0 Å². The highest BCUT2D eigenvalue weighted by molar-refractivity contribution is 5.24. The molecular formula is C9H14FN. The molecule has 0 aliphatic rings. The summed E-state index contributed by atoms with van der Waals surface area (Å²) in [6, 6.07) is 1.58. The second kappa shape index (κ2) is 2.68. The monoisotopic (exact) mass is 155 g/mol. The number of nitrogens with zero attached hydrogens (tertiary/aromatic N) is 1. The number of aryl methyl sites for hydroxylation is 1. The first-order chi connectivity index (χ1) is 5.04. The van der Waals surface area contributed by atoms with Crippen LogP contribution in [0.3, 0.4) is 0 Å². The van der Waals surface area contributed by atoms with Crippen molar-refractivity contribution in [3.05, 3.63) is 23.3 Å². The fourth-order valence-electron chi connectivity index (χ4n) is 1.57. The maximum Gasteiger partial charge on any atom is 0.193 e. The molecule has 1 aromatic heterocycles. The summed E-state index contributed by atoms with van der Waals surface area (Å²) in [4.78, 5) is 0. The minimum atomic E-state index is -0.147. The maximum atomic E-state index is 12.9. The first-order valence-corrected chi connectivity index (χ1v) is 3.85. The van der Waals surface area contributed by atoms with E-state index in [0.717, 1.165) is 11.3 Å². The van der Waals surface area contributed by atoms with Gasteiger partial charge in [0.05, 0.1) is 0 Å². The number of hydrogen-bond acceptors (Lipinski definition) is 0. The van der Waals surface area contributed by atoms with Crippen LogP contribution < -0.4 is 0 Å². The molecule has 2 heteroatoms. The number of halogens is 1. The van der Waals surface area contributed by atoms with E-state index in [1.54, 1.807) is 17.7 Å². The molecule has 0 unspecified atom stereocenters. The van der Waals surface area contributed by atoms with Gasteiger partial charge in [-0.2, -0.15) is 4.39 Å². The SMILES string of the molecule is Cc1cc(F)n(C)c1C(C)C. The van der Waals surface area contributed by atoms with Crippen molar-refractivity contribution < 1.29 is 4.39 Å². The Morgan fingerprint density at radius 1 is 1.45 bits per heavy atom. The number of aromatic nitrogens is 1. The molecule has 62 valence electrons. The smallest absolute Gasteiger partial charge is 0.193 e. The first-order valence-electron chi connectivity index (χ1n) is 3.85. The van der Waals surface area contributed by atoms with Crippen LogP contribution in [0.2, 0.25) is 0 Å². The van der Waals surface area contributed by atoms with E-state index in [-0.39, 0.29) is 5.95 Å². The second-order valence-electron chi connectivity index (χ2n) is 3.25. The summed E-state index contributed by atoms with van der Waals surface area (Å²) < 4.78 is 14.5. The van der Waals surface area contributed by atoms with Crippen LogP contribution in [-0.4, -0.2) is 4.57 Å². The largest absolute Gasteiger partial charge is 0.325 e. The zero-order chi connectivity index (χ0) is 8.59. The molecule has 1 rings (SSSR count). The molecule has 0 radical (unpaired) electrons. The third kappa shape index (κ3) is 1.30. The lowest BCUT2D eigenvalue weighted by Crippen LogP contribution is -2.01. The van der Waals surface area contributed by atoms with Gasteiger partial charge in [-0.15, -0.1) is 0 Å². The Hall–Kier alpha value is -0.790. The van der Waals surface area contributed by atoms with Gasteiger partial charge in [-0.05, 0) is 24.5 Å². The molecule has 0 N–H and O–H groups in total. The molecule has 0 atom stereocenters. The zero-order valence-corrected chi connectivity index (χ0v) is 7.48. The lowest BCUT2D eigenvalue weighted by atomic mass is 10.1. The van der Waals surface area contributed by atoms with Crippen molar-refractivity contribution in [2.24, 2.45) is 7.05 Å². The van der Waals surface area contributed by atoms with Crippen molar-refractivity contribution in [2.75, 3.05) is 0 Å². The Kier molecular flexibility index (Phi) is 2.03. The number of rotatable bonds is 1. The van der Waals surface area contributed by atoms with Crippen molar-refractivity contribution in [2.45, 2.75) is 26.7 Å². The molecule has 11 heavy (non-hydrogen) atoms. The molecule has 0 spiro atoms. The highest BCUT2D eigenvalue weighted by Gasteiger charge is 2.11. The van der Waals surface area contributed by atoms with Crippen LogP contribution >= 0.6 is 0 Å². The first kappa shape index (κ1) is 8.31. The van der Waals surface area contributed by atoms with Gasteiger partial charge in [-0.3, -0.25) is 0 Å². The molecule has 0 saturated heterocycles.